The number of carbonyl (C=O) groups excluding carboxylic acids is 1. The third-order valence-electron chi connectivity index (χ3n) is 4.41. The number of benzene rings is 1. The van der Waals surface area contributed by atoms with Gasteiger partial charge in [-0.15, -0.1) is 0 Å². The van der Waals surface area contributed by atoms with Gasteiger partial charge in [0.15, 0.2) is 6.04 Å². The van der Waals surface area contributed by atoms with Crippen molar-refractivity contribution in [2.75, 3.05) is 11.6 Å². The summed E-state index contributed by atoms with van der Waals surface area (Å²) in [6, 6.07) is 8.18. The molecule has 1 aromatic carbocycles. The van der Waals surface area contributed by atoms with Crippen LogP contribution in [0, 0.1) is 0 Å². The topological polar surface area (TPSA) is 82.8 Å². The van der Waals surface area contributed by atoms with Crippen molar-refractivity contribution in [3.8, 4) is 0 Å². The van der Waals surface area contributed by atoms with E-state index in [4.69, 9.17) is 9.52 Å². The third kappa shape index (κ3) is 3.35. The molecule has 0 spiro atoms. The quantitative estimate of drug-likeness (QED) is 0.839. The largest absolute Gasteiger partial charge is 0.480 e. The standard InChI is InChI=1S/C18H19FN2O4/c1-11-8-12-4-2-3-5-15(12)21(11)10-16-13(6-7-25-16)17(22)20-14(9-19)18(23)24/h2-7,11,14H,8-10H2,1H3,(H,20,22)(H,23,24). The maximum absolute atomic E-state index is 12.7. The molecule has 2 N–H and O–H groups in total. The Morgan fingerprint density at radius 2 is 2.16 bits per heavy atom. The highest BCUT2D eigenvalue weighted by molar-refractivity contribution is 5.97. The van der Waals surface area contributed by atoms with Gasteiger partial charge in [-0.2, -0.15) is 0 Å². The van der Waals surface area contributed by atoms with Crippen molar-refractivity contribution in [1.82, 2.24) is 5.32 Å². The first-order chi connectivity index (χ1) is 12.0. The Balaban J connectivity index is 1.78. The molecule has 1 aliphatic heterocycles. The fourth-order valence-electron chi connectivity index (χ4n) is 3.09. The number of carbonyl (C=O) groups is 2. The molecule has 6 nitrogen and oxygen atoms in total. The number of fused-ring (bicyclic) bond motifs is 1. The van der Waals surface area contributed by atoms with E-state index in [-0.39, 0.29) is 11.6 Å². The van der Waals surface area contributed by atoms with Crippen LogP contribution >= 0.6 is 0 Å². The zero-order chi connectivity index (χ0) is 18.0. The number of rotatable bonds is 6. The van der Waals surface area contributed by atoms with E-state index in [0.717, 1.165) is 12.1 Å². The summed E-state index contributed by atoms with van der Waals surface area (Å²) in [6.07, 6.45) is 2.28. The molecule has 7 heteroatoms. The zero-order valence-corrected chi connectivity index (χ0v) is 13.7. The molecule has 2 unspecified atom stereocenters. The van der Waals surface area contributed by atoms with Crippen molar-refractivity contribution < 1.29 is 23.5 Å². The lowest BCUT2D eigenvalue weighted by atomic mass is 10.1. The van der Waals surface area contributed by atoms with Crippen molar-refractivity contribution in [2.24, 2.45) is 0 Å². The van der Waals surface area contributed by atoms with Gasteiger partial charge in [0.2, 0.25) is 0 Å². The fraction of sp³-hybridized carbons (Fsp3) is 0.333. The van der Waals surface area contributed by atoms with Gasteiger partial charge in [-0.05, 0) is 31.0 Å². The Labute approximate surface area is 144 Å². The van der Waals surface area contributed by atoms with Crippen LogP contribution < -0.4 is 10.2 Å². The van der Waals surface area contributed by atoms with Crippen molar-refractivity contribution >= 4 is 17.6 Å². The summed E-state index contributed by atoms with van der Waals surface area (Å²) < 4.78 is 18.2. The first-order valence-electron chi connectivity index (χ1n) is 8.01. The molecule has 132 valence electrons. The van der Waals surface area contributed by atoms with Crippen LogP contribution in [0.2, 0.25) is 0 Å². The van der Waals surface area contributed by atoms with Gasteiger partial charge in [0.1, 0.15) is 12.4 Å². The van der Waals surface area contributed by atoms with Gasteiger partial charge >= 0.3 is 5.97 Å². The minimum absolute atomic E-state index is 0.219. The number of carboxylic acid groups (broad SMARTS) is 1. The second kappa shape index (κ2) is 6.96. The first-order valence-corrected chi connectivity index (χ1v) is 8.01. The highest BCUT2D eigenvalue weighted by Gasteiger charge is 2.29. The normalized spacial score (nSPS) is 17.2. The second-order valence-corrected chi connectivity index (χ2v) is 6.09. The SMILES string of the molecule is CC1Cc2ccccc2N1Cc1occc1C(=O)NC(CF)C(=O)O. The van der Waals surface area contributed by atoms with E-state index in [1.54, 1.807) is 0 Å². The maximum Gasteiger partial charge on any atom is 0.328 e. The maximum atomic E-state index is 12.7. The van der Waals surface area contributed by atoms with Crippen LogP contribution in [0.3, 0.4) is 0 Å². The predicted molar refractivity (Wildman–Crippen MR) is 89.4 cm³/mol. The summed E-state index contributed by atoms with van der Waals surface area (Å²) in [5, 5.41) is 11.0. The average molecular weight is 346 g/mol. The molecular weight excluding hydrogens is 327 g/mol. The molecule has 1 aromatic heterocycles. The van der Waals surface area contributed by atoms with Gasteiger partial charge in [-0.25, -0.2) is 9.18 Å². The number of halogens is 1. The Kier molecular flexibility index (Phi) is 4.74. The van der Waals surface area contributed by atoms with Gasteiger partial charge in [0.25, 0.3) is 5.91 Å². The number of alkyl halides is 1. The summed E-state index contributed by atoms with van der Waals surface area (Å²) in [5.41, 5.74) is 2.54. The number of carboxylic acids is 1. The molecule has 2 aromatic rings. The minimum atomic E-state index is -1.57. The van der Waals surface area contributed by atoms with E-state index in [1.165, 1.54) is 17.9 Å². The van der Waals surface area contributed by atoms with Crippen LogP contribution in [0.1, 0.15) is 28.6 Å². The third-order valence-corrected chi connectivity index (χ3v) is 4.41. The number of nitrogens with one attached hydrogen (secondary N) is 1. The van der Waals surface area contributed by atoms with Gasteiger partial charge in [0, 0.05) is 11.7 Å². The van der Waals surface area contributed by atoms with Crippen molar-refractivity contribution in [3.63, 3.8) is 0 Å². The number of hydrogen-bond donors (Lipinski definition) is 2. The summed E-state index contributed by atoms with van der Waals surface area (Å²) in [7, 11) is 0. The molecule has 0 radical (unpaired) electrons. The van der Waals surface area contributed by atoms with Crippen LogP contribution in [0.15, 0.2) is 41.0 Å². The molecule has 0 aliphatic carbocycles. The number of aliphatic carboxylic acids is 1. The molecule has 1 amide bonds. The van der Waals surface area contributed by atoms with Crippen LogP contribution in [0.5, 0.6) is 0 Å². The molecule has 0 saturated heterocycles. The second-order valence-electron chi connectivity index (χ2n) is 6.09. The van der Waals surface area contributed by atoms with Gasteiger partial charge < -0.3 is 19.7 Å². The lowest BCUT2D eigenvalue weighted by Crippen LogP contribution is -2.42. The number of furan rings is 1. The van der Waals surface area contributed by atoms with Gasteiger partial charge in [0.05, 0.1) is 18.4 Å². The van der Waals surface area contributed by atoms with E-state index in [0.29, 0.717) is 12.3 Å². The molecule has 2 heterocycles. The highest BCUT2D eigenvalue weighted by Crippen LogP contribution is 2.33. The Hall–Kier alpha value is -2.83. The molecule has 0 saturated carbocycles. The average Bonchev–Trinajstić information content (AvgIpc) is 3.17. The smallest absolute Gasteiger partial charge is 0.328 e. The fourth-order valence-corrected chi connectivity index (χ4v) is 3.09. The molecule has 0 bridgehead atoms. The Morgan fingerprint density at radius 3 is 2.88 bits per heavy atom. The van der Waals surface area contributed by atoms with E-state index in [9.17, 15) is 14.0 Å². The Morgan fingerprint density at radius 1 is 1.40 bits per heavy atom. The van der Waals surface area contributed by atoms with Crippen molar-refractivity contribution in [3.05, 3.63) is 53.5 Å². The first kappa shape index (κ1) is 17.0. The minimum Gasteiger partial charge on any atom is -0.480 e. The lowest BCUT2D eigenvalue weighted by Gasteiger charge is -2.24. The number of anilines is 1. The van der Waals surface area contributed by atoms with Crippen LogP contribution in [0.4, 0.5) is 10.1 Å². The number of amides is 1. The van der Waals surface area contributed by atoms with E-state index in [2.05, 4.69) is 23.2 Å². The highest BCUT2D eigenvalue weighted by atomic mass is 19.1. The molecular formula is C18H19FN2O4. The number of para-hydroxylation sites is 1. The van der Waals surface area contributed by atoms with Crippen molar-refractivity contribution in [1.29, 1.82) is 0 Å². The van der Waals surface area contributed by atoms with E-state index < -0.39 is 24.6 Å². The van der Waals surface area contributed by atoms with Gasteiger partial charge in [-0.3, -0.25) is 4.79 Å². The zero-order valence-electron chi connectivity index (χ0n) is 13.7. The Bertz CT molecular complexity index is 789. The molecule has 2 atom stereocenters. The summed E-state index contributed by atoms with van der Waals surface area (Å²) >= 11 is 0. The summed E-state index contributed by atoms with van der Waals surface area (Å²) in [6.45, 7) is 1.29. The lowest BCUT2D eigenvalue weighted by molar-refractivity contribution is -0.139. The van der Waals surface area contributed by atoms with Gasteiger partial charge in [-0.1, -0.05) is 18.2 Å². The van der Waals surface area contributed by atoms with Crippen molar-refractivity contribution in [2.45, 2.75) is 32.0 Å². The van der Waals surface area contributed by atoms with Crippen LogP contribution in [0.25, 0.3) is 0 Å². The predicted octanol–water partition coefficient (Wildman–Crippen LogP) is 2.38. The molecule has 0 fully saturated rings. The summed E-state index contributed by atoms with van der Waals surface area (Å²) in [4.78, 5) is 25.3. The number of nitrogens with zero attached hydrogens (tertiary/aromatic N) is 1. The molecule has 25 heavy (non-hydrogen) atoms. The van der Waals surface area contributed by atoms with Crippen LogP contribution in [-0.4, -0.2) is 35.7 Å². The summed E-state index contributed by atoms with van der Waals surface area (Å²) in [5.74, 6) is -1.65. The van der Waals surface area contributed by atoms with Crippen LogP contribution in [-0.2, 0) is 17.8 Å². The monoisotopic (exact) mass is 346 g/mol. The molecule has 1 aliphatic rings. The van der Waals surface area contributed by atoms with E-state index >= 15 is 0 Å². The molecule has 3 rings (SSSR count). The number of hydrogen-bond acceptors (Lipinski definition) is 4. The van der Waals surface area contributed by atoms with E-state index in [1.807, 2.05) is 18.2 Å².